The Bertz CT molecular complexity index is 1470. The number of benzene rings is 2. The van der Waals surface area contributed by atoms with Crippen LogP contribution in [0.5, 0.6) is 5.75 Å². The number of aromatic nitrogens is 2. The molecular weight excluding hydrogens is 613 g/mol. The first-order valence-corrected chi connectivity index (χ1v) is 14.3. The molecule has 0 saturated heterocycles. The number of carbonyl (C=O) groups is 2. The highest BCUT2D eigenvalue weighted by molar-refractivity contribution is 6.31. The third-order valence-electron chi connectivity index (χ3n) is 7.50. The van der Waals surface area contributed by atoms with Gasteiger partial charge in [0.15, 0.2) is 5.69 Å². The second-order valence-electron chi connectivity index (χ2n) is 10.4. The lowest BCUT2D eigenvalue weighted by molar-refractivity contribution is -0.151. The monoisotopic (exact) mass is 643 g/mol. The van der Waals surface area contributed by atoms with Crippen LogP contribution in [0.1, 0.15) is 71.9 Å². The van der Waals surface area contributed by atoms with E-state index in [1.807, 2.05) is 0 Å². The Hall–Kier alpha value is -3.71. The van der Waals surface area contributed by atoms with Gasteiger partial charge in [0.05, 0.1) is 49.0 Å². The summed E-state index contributed by atoms with van der Waals surface area (Å²) in [6.45, 7) is 0.701. The molecule has 1 unspecified atom stereocenters. The zero-order chi connectivity index (χ0) is 32.2. The summed E-state index contributed by atoms with van der Waals surface area (Å²) in [6, 6.07) is 6.24. The summed E-state index contributed by atoms with van der Waals surface area (Å²) >= 11 is 6.27. The smallest absolute Gasteiger partial charge is 0.433 e. The number of hydrogen-bond donors (Lipinski definition) is 1. The van der Waals surface area contributed by atoms with Crippen molar-refractivity contribution in [3.8, 4) is 5.75 Å². The first kappa shape index (κ1) is 33.2. The summed E-state index contributed by atoms with van der Waals surface area (Å²) in [5.74, 6) is -3.78. The molecule has 44 heavy (non-hydrogen) atoms. The number of ether oxygens (including phenoxy) is 2. The van der Waals surface area contributed by atoms with Crippen LogP contribution in [-0.2, 0) is 22.3 Å². The molecule has 4 rings (SSSR count). The Morgan fingerprint density at radius 2 is 1.80 bits per heavy atom. The topological polar surface area (TPSA) is 93.9 Å². The standard InChI is InChI=1S/C30H31ClF5N3O5/c1-3-44-29(42)18-7-9-21(10-8-18)39-27(30(34,35)36)22(14-37-39)28(41)38(15-17-11-19(32)13-20(33)12-17)16-24(40)26-23(31)5-4-6-25(26)43-2/h4-6,11-14,18,21,24,40H,3,7-10,15-16H2,1-2H3/t18-,21-,24?. The zero-order valence-corrected chi connectivity index (χ0v) is 24.7. The molecular formula is C30H31ClF5N3O5. The van der Waals surface area contributed by atoms with Crippen LogP contribution in [0.15, 0.2) is 42.6 Å². The van der Waals surface area contributed by atoms with Crippen molar-refractivity contribution in [2.45, 2.75) is 57.5 Å². The molecule has 1 saturated carbocycles. The van der Waals surface area contributed by atoms with Crippen molar-refractivity contribution >= 4 is 23.5 Å². The van der Waals surface area contributed by atoms with Crippen LogP contribution >= 0.6 is 11.6 Å². The Morgan fingerprint density at radius 3 is 2.39 bits per heavy atom. The molecule has 14 heteroatoms. The van der Waals surface area contributed by atoms with Crippen LogP contribution < -0.4 is 4.74 Å². The molecule has 1 aliphatic carbocycles. The Balaban J connectivity index is 1.70. The van der Waals surface area contributed by atoms with Gasteiger partial charge in [0.1, 0.15) is 23.5 Å². The summed E-state index contributed by atoms with van der Waals surface area (Å²) in [7, 11) is 1.32. The average molecular weight is 644 g/mol. The fourth-order valence-corrected chi connectivity index (χ4v) is 5.82. The molecule has 2 aromatic carbocycles. The summed E-state index contributed by atoms with van der Waals surface area (Å²) in [6.07, 6.45) is -4.81. The van der Waals surface area contributed by atoms with E-state index in [1.54, 1.807) is 13.0 Å². The summed E-state index contributed by atoms with van der Waals surface area (Å²) in [5.41, 5.74) is -2.10. The molecule has 0 aliphatic heterocycles. The maximum Gasteiger partial charge on any atom is 0.433 e. The maximum absolute atomic E-state index is 14.5. The van der Waals surface area contributed by atoms with Gasteiger partial charge in [0, 0.05) is 18.2 Å². The number of nitrogens with zero attached hydrogens (tertiary/aromatic N) is 3. The highest BCUT2D eigenvalue weighted by Crippen LogP contribution is 2.40. The van der Waals surface area contributed by atoms with Gasteiger partial charge in [0.25, 0.3) is 5.91 Å². The molecule has 238 valence electrons. The number of amides is 1. The van der Waals surface area contributed by atoms with Gasteiger partial charge in [-0.05, 0) is 62.4 Å². The molecule has 1 heterocycles. The minimum absolute atomic E-state index is 0.0626. The van der Waals surface area contributed by atoms with Crippen LogP contribution in [-0.4, -0.2) is 51.9 Å². The van der Waals surface area contributed by atoms with Gasteiger partial charge in [-0.1, -0.05) is 17.7 Å². The van der Waals surface area contributed by atoms with Crippen LogP contribution in [0.25, 0.3) is 0 Å². The van der Waals surface area contributed by atoms with Gasteiger partial charge in [-0.25, -0.2) is 8.78 Å². The quantitative estimate of drug-likeness (QED) is 0.200. The van der Waals surface area contributed by atoms with Crippen LogP contribution in [0, 0.1) is 17.6 Å². The number of aliphatic hydroxyl groups excluding tert-OH is 1. The molecule has 1 fully saturated rings. The van der Waals surface area contributed by atoms with E-state index in [2.05, 4.69) is 5.10 Å². The Morgan fingerprint density at radius 1 is 1.14 bits per heavy atom. The lowest BCUT2D eigenvalue weighted by Crippen LogP contribution is -2.36. The zero-order valence-electron chi connectivity index (χ0n) is 23.9. The van der Waals surface area contributed by atoms with Gasteiger partial charge >= 0.3 is 12.1 Å². The predicted molar refractivity (Wildman–Crippen MR) is 149 cm³/mol. The number of hydrogen-bond acceptors (Lipinski definition) is 6. The number of carbonyl (C=O) groups excluding carboxylic acids is 2. The molecule has 1 atom stereocenters. The third kappa shape index (κ3) is 7.49. The summed E-state index contributed by atoms with van der Waals surface area (Å²) in [5, 5.41) is 15.1. The van der Waals surface area contributed by atoms with Gasteiger partial charge < -0.3 is 19.5 Å². The molecule has 3 aromatic rings. The Labute approximate surface area is 255 Å². The first-order chi connectivity index (χ1) is 20.8. The number of esters is 1. The Kier molecular flexibility index (Phi) is 10.5. The van der Waals surface area contributed by atoms with E-state index in [0.29, 0.717) is 6.07 Å². The van der Waals surface area contributed by atoms with E-state index in [-0.39, 0.29) is 54.2 Å². The van der Waals surface area contributed by atoms with E-state index in [0.717, 1.165) is 27.9 Å². The molecule has 8 nitrogen and oxygen atoms in total. The van der Waals surface area contributed by atoms with Gasteiger partial charge in [-0.2, -0.15) is 18.3 Å². The molecule has 1 N–H and O–H groups in total. The normalized spacial score (nSPS) is 17.7. The second-order valence-corrected chi connectivity index (χ2v) is 10.8. The highest BCUT2D eigenvalue weighted by Gasteiger charge is 2.43. The second kappa shape index (κ2) is 13.9. The fourth-order valence-electron chi connectivity index (χ4n) is 5.53. The average Bonchev–Trinajstić information content (AvgIpc) is 3.42. The summed E-state index contributed by atoms with van der Waals surface area (Å²) in [4.78, 5) is 26.8. The van der Waals surface area contributed by atoms with Crippen molar-refractivity contribution < 1.29 is 46.1 Å². The van der Waals surface area contributed by atoms with Crippen molar-refractivity contribution in [1.82, 2.24) is 14.7 Å². The van der Waals surface area contributed by atoms with Gasteiger partial charge in [0.2, 0.25) is 0 Å². The van der Waals surface area contributed by atoms with Crippen molar-refractivity contribution in [2.75, 3.05) is 20.3 Å². The fraction of sp³-hybridized carbons (Fsp3) is 0.433. The number of rotatable bonds is 10. The SMILES string of the molecule is CCOC(=O)[C@H]1CC[C@H](n2ncc(C(=O)N(Cc3cc(F)cc(F)c3)CC(O)c3c(Cl)cccc3OC)c2C(F)(F)F)CC1. The molecule has 0 bridgehead atoms. The van der Waals surface area contributed by atoms with E-state index >= 15 is 0 Å². The lowest BCUT2D eigenvalue weighted by atomic mass is 9.86. The molecule has 0 spiro atoms. The molecule has 1 aliphatic rings. The first-order valence-electron chi connectivity index (χ1n) is 13.9. The molecule has 1 amide bonds. The highest BCUT2D eigenvalue weighted by atomic mass is 35.5. The largest absolute Gasteiger partial charge is 0.496 e. The molecule has 1 aromatic heterocycles. The van der Waals surface area contributed by atoms with Crippen molar-refractivity contribution in [3.05, 3.63) is 81.6 Å². The van der Waals surface area contributed by atoms with E-state index in [9.17, 15) is 36.6 Å². The number of halogens is 6. The van der Waals surface area contributed by atoms with Crippen LogP contribution in [0.3, 0.4) is 0 Å². The van der Waals surface area contributed by atoms with Crippen molar-refractivity contribution in [3.63, 3.8) is 0 Å². The minimum Gasteiger partial charge on any atom is -0.496 e. The van der Waals surface area contributed by atoms with Gasteiger partial charge in [-0.3, -0.25) is 14.3 Å². The van der Waals surface area contributed by atoms with Crippen LogP contribution in [0.2, 0.25) is 5.02 Å². The lowest BCUT2D eigenvalue weighted by Gasteiger charge is -2.29. The maximum atomic E-state index is 14.5. The van der Waals surface area contributed by atoms with E-state index in [1.165, 1.54) is 19.2 Å². The van der Waals surface area contributed by atoms with Gasteiger partial charge in [-0.15, -0.1) is 0 Å². The minimum atomic E-state index is -5.01. The summed E-state index contributed by atoms with van der Waals surface area (Å²) < 4.78 is 82.7. The van der Waals surface area contributed by atoms with E-state index in [4.69, 9.17) is 21.1 Å². The number of aliphatic hydroxyl groups is 1. The third-order valence-corrected chi connectivity index (χ3v) is 7.83. The van der Waals surface area contributed by atoms with Crippen LogP contribution in [0.4, 0.5) is 22.0 Å². The van der Waals surface area contributed by atoms with Crippen molar-refractivity contribution in [1.29, 1.82) is 0 Å². The van der Waals surface area contributed by atoms with Crippen molar-refractivity contribution in [2.24, 2.45) is 5.92 Å². The number of alkyl halides is 3. The predicted octanol–water partition coefficient (Wildman–Crippen LogP) is 6.51. The number of methoxy groups -OCH3 is 1. The molecule has 0 radical (unpaired) electrons. The van der Waals surface area contributed by atoms with E-state index < -0.39 is 72.1 Å².